The predicted molar refractivity (Wildman–Crippen MR) is 74.1 cm³/mol. The van der Waals surface area contributed by atoms with Gasteiger partial charge in [-0.2, -0.15) is 0 Å². The quantitative estimate of drug-likeness (QED) is 0.639. The van der Waals surface area contributed by atoms with Crippen molar-refractivity contribution in [1.29, 1.82) is 0 Å². The van der Waals surface area contributed by atoms with Gasteiger partial charge in [-0.1, -0.05) is 0 Å². The minimum Gasteiger partial charge on any atom is -0.493 e. The number of hydrogen-bond donors (Lipinski definition) is 1. The summed E-state index contributed by atoms with van der Waals surface area (Å²) in [5.41, 5.74) is 0.486. The van der Waals surface area contributed by atoms with Crippen LogP contribution >= 0.6 is 0 Å². The Kier molecular flexibility index (Phi) is 4.70. The maximum atomic E-state index is 11.0. The predicted octanol–water partition coefficient (Wildman–Crippen LogP) is 3.09. The van der Waals surface area contributed by atoms with E-state index in [4.69, 9.17) is 9.84 Å². The molecule has 1 rings (SSSR count). The van der Waals surface area contributed by atoms with E-state index in [1.165, 1.54) is 6.07 Å². The molecule has 0 radical (unpaired) electrons. The monoisotopic (exact) mass is 281 g/mol. The van der Waals surface area contributed by atoms with Crippen LogP contribution in [0.1, 0.15) is 31.4 Å². The molecule has 0 unspecified atom stereocenters. The molecule has 0 saturated heterocycles. The van der Waals surface area contributed by atoms with Crippen LogP contribution in [-0.2, 0) is 4.79 Å². The second kappa shape index (κ2) is 5.90. The SMILES string of the molecule is Cc1cc(C)c([N+](=O)[O-])cc1OCCC(C)(C)C(=O)O. The van der Waals surface area contributed by atoms with Crippen molar-refractivity contribution in [2.45, 2.75) is 34.1 Å². The summed E-state index contributed by atoms with van der Waals surface area (Å²) < 4.78 is 5.50. The van der Waals surface area contributed by atoms with Crippen LogP contribution in [0.3, 0.4) is 0 Å². The summed E-state index contributed by atoms with van der Waals surface area (Å²) in [7, 11) is 0. The minimum atomic E-state index is -0.896. The molecule has 0 heterocycles. The van der Waals surface area contributed by atoms with Gasteiger partial charge in [0.2, 0.25) is 0 Å². The van der Waals surface area contributed by atoms with Crippen LogP contribution in [-0.4, -0.2) is 22.6 Å². The molecule has 1 N–H and O–H groups in total. The summed E-state index contributed by atoms with van der Waals surface area (Å²) in [6.07, 6.45) is 0.323. The van der Waals surface area contributed by atoms with E-state index < -0.39 is 16.3 Å². The normalized spacial score (nSPS) is 11.2. The number of rotatable bonds is 6. The third-order valence-electron chi connectivity index (χ3n) is 3.25. The van der Waals surface area contributed by atoms with Crippen molar-refractivity contribution >= 4 is 11.7 Å². The molecular formula is C14H19NO5. The van der Waals surface area contributed by atoms with Crippen LogP contribution in [0.5, 0.6) is 5.75 Å². The molecule has 0 saturated carbocycles. The smallest absolute Gasteiger partial charge is 0.309 e. The Labute approximate surface area is 117 Å². The Morgan fingerprint density at radius 3 is 2.45 bits per heavy atom. The fraction of sp³-hybridized carbons (Fsp3) is 0.500. The van der Waals surface area contributed by atoms with E-state index in [0.717, 1.165) is 5.56 Å². The number of carbonyl (C=O) groups is 1. The molecule has 0 aliphatic carbocycles. The van der Waals surface area contributed by atoms with Crippen LogP contribution < -0.4 is 4.74 Å². The second-order valence-electron chi connectivity index (χ2n) is 5.45. The molecule has 0 bridgehead atoms. The Hall–Kier alpha value is -2.11. The van der Waals surface area contributed by atoms with Gasteiger partial charge in [0.15, 0.2) is 0 Å². The Balaban J connectivity index is 2.81. The van der Waals surface area contributed by atoms with Crippen LogP contribution in [0.15, 0.2) is 12.1 Å². The lowest BCUT2D eigenvalue weighted by molar-refractivity contribution is -0.385. The molecule has 0 atom stereocenters. The van der Waals surface area contributed by atoms with Gasteiger partial charge in [0.25, 0.3) is 5.69 Å². The van der Waals surface area contributed by atoms with Crippen LogP contribution in [0.4, 0.5) is 5.69 Å². The first-order valence-corrected chi connectivity index (χ1v) is 6.27. The van der Waals surface area contributed by atoms with Gasteiger partial charge in [0.05, 0.1) is 23.0 Å². The number of nitro benzene ring substituents is 1. The fourth-order valence-electron chi connectivity index (χ4n) is 1.70. The number of hydrogen-bond acceptors (Lipinski definition) is 4. The van der Waals surface area contributed by atoms with E-state index in [9.17, 15) is 14.9 Å². The molecule has 0 aromatic heterocycles. The number of aryl methyl sites for hydroxylation is 2. The summed E-state index contributed by atoms with van der Waals surface area (Å²) in [5, 5.41) is 19.9. The van der Waals surface area contributed by atoms with Crippen molar-refractivity contribution in [1.82, 2.24) is 0 Å². The van der Waals surface area contributed by atoms with Gasteiger partial charge in [-0.25, -0.2) is 0 Å². The molecule has 0 amide bonds. The Bertz CT molecular complexity index is 537. The number of nitro groups is 1. The van der Waals surface area contributed by atoms with Gasteiger partial charge in [0.1, 0.15) is 5.75 Å². The maximum Gasteiger partial charge on any atom is 0.309 e. The van der Waals surface area contributed by atoms with Crippen molar-refractivity contribution in [3.63, 3.8) is 0 Å². The van der Waals surface area contributed by atoms with Crippen molar-refractivity contribution in [2.24, 2.45) is 5.41 Å². The van der Waals surface area contributed by atoms with Crippen molar-refractivity contribution in [3.05, 3.63) is 33.4 Å². The van der Waals surface area contributed by atoms with Crippen molar-refractivity contribution < 1.29 is 19.6 Å². The number of aliphatic carboxylic acids is 1. The van der Waals surface area contributed by atoms with Crippen LogP contribution in [0, 0.1) is 29.4 Å². The van der Waals surface area contributed by atoms with E-state index >= 15 is 0 Å². The summed E-state index contributed by atoms with van der Waals surface area (Å²) >= 11 is 0. The first-order chi connectivity index (χ1) is 9.15. The average molecular weight is 281 g/mol. The van der Waals surface area contributed by atoms with Crippen LogP contribution in [0.25, 0.3) is 0 Å². The summed E-state index contributed by atoms with van der Waals surface area (Å²) in [4.78, 5) is 21.4. The van der Waals surface area contributed by atoms with Crippen LogP contribution in [0.2, 0.25) is 0 Å². The van der Waals surface area contributed by atoms with Gasteiger partial charge < -0.3 is 9.84 Å². The largest absolute Gasteiger partial charge is 0.493 e. The Morgan fingerprint density at radius 1 is 1.35 bits per heavy atom. The molecule has 6 nitrogen and oxygen atoms in total. The highest BCUT2D eigenvalue weighted by molar-refractivity contribution is 5.73. The molecule has 1 aromatic carbocycles. The Morgan fingerprint density at radius 2 is 1.95 bits per heavy atom. The summed E-state index contributed by atoms with van der Waals surface area (Å²) in [6, 6.07) is 3.08. The number of nitrogens with zero attached hydrogens (tertiary/aromatic N) is 1. The van der Waals surface area contributed by atoms with E-state index in [0.29, 0.717) is 17.7 Å². The average Bonchev–Trinajstić information content (AvgIpc) is 2.31. The molecule has 0 spiro atoms. The molecule has 110 valence electrons. The van der Waals surface area contributed by atoms with Gasteiger partial charge in [-0.3, -0.25) is 14.9 Å². The number of benzene rings is 1. The number of ether oxygens (including phenoxy) is 1. The van der Waals surface area contributed by atoms with E-state index in [1.54, 1.807) is 33.8 Å². The van der Waals surface area contributed by atoms with E-state index in [2.05, 4.69) is 0 Å². The lowest BCUT2D eigenvalue weighted by Crippen LogP contribution is -2.25. The highest BCUT2D eigenvalue weighted by Gasteiger charge is 2.27. The lowest BCUT2D eigenvalue weighted by Gasteiger charge is -2.19. The summed E-state index contributed by atoms with van der Waals surface area (Å²) in [5.74, 6) is -0.476. The van der Waals surface area contributed by atoms with Crippen molar-refractivity contribution in [3.8, 4) is 5.75 Å². The fourth-order valence-corrected chi connectivity index (χ4v) is 1.70. The van der Waals surface area contributed by atoms with Gasteiger partial charge >= 0.3 is 5.97 Å². The van der Waals surface area contributed by atoms with Gasteiger partial charge in [-0.15, -0.1) is 0 Å². The summed E-state index contributed by atoms with van der Waals surface area (Å²) in [6.45, 7) is 6.89. The first kappa shape index (κ1) is 15.9. The molecule has 6 heteroatoms. The third kappa shape index (κ3) is 3.69. The highest BCUT2D eigenvalue weighted by Crippen LogP contribution is 2.29. The second-order valence-corrected chi connectivity index (χ2v) is 5.45. The first-order valence-electron chi connectivity index (χ1n) is 6.27. The highest BCUT2D eigenvalue weighted by atomic mass is 16.6. The molecule has 0 fully saturated rings. The molecule has 0 aliphatic heterocycles. The molecule has 1 aromatic rings. The van der Waals surface area contributed by atoms with Crippen molar-refractivity contribution in [2.75, 3.05) is 6.61 Å². The van der Waals surface area contributed by atoms with Gasteiger partial charge in [-0.05, 0) is 45.7 Å². The molecular weight excluding hydrogens is 262 g/mol. The lowest BCUT2D eigenvalue weighted by atomic mass is 9.90. The third-order valence-corrected chi connectivity index (χ3v) is 3.25. The number of carboxylic acids is 1. The molecule has 0 aliphatic rings. The van der Waals surface area contributed by atoms with E-state index in [-0.39, 0.29) is 12.3 Å². The maximum absolute atomic E-state index is 11.0. The van der Waals surface area contributed by atoms with Gasteiger partial charge in [0, 0.05) is 5.56 Å². The molecule has 20 heavy (non-hydrogen) atoms. The standard InChI is InChI=1S/C14H19NO5/c1-9-7-10(2)12(8-11(9)15(18)19)20-6-5-14(3,4)13(16)17/h7-8H,5-6H2,1-4H3,(H,16,17). The number of carboxylic acid groups (broad SMARTS) is 1. The zero-order valence-corrected chi connectivity index (χ0v) is 12.1. The van der Waals surface area contributed by atoms with E-state index in [1.807, 2.05) is 0 Å². The topological polar surface area (TPSA) is 89.7 Å². The zero-order valence-electron chi connectivity index (χ0n) is 12.1. The zero-order chi connectivity index (χ0) is 15.5. The minimum absolute atomic E-state index is 0.00287.